The summed E-state index contributed by atoms with van der Waals surface area (Å²) in [6.07, 6.45) is -1.05. The van der Waals surface area contributed by atoms with E-state index in [2.05, 4.69) is 5.32 Å². The Hall–Kier alpha value is -3.54. The van der Waals surface area contributed by atoms with Gasteiger partial charge in [-0.25, -0.2) is 19.2 Å². The molecule has 0 amide bonds. The number of ether oxygens (including phenoxy) is 6. The zero-order valence-electron chi connectivity index (χ0n) is 26.9. The summed E-state index contributed by atoms with van der Waals surface area (Å²) >= 11 is 0. The second kappa shape index (κ2) is 17.5. The third-order valence-electron chi connectivity index (χ3n) is 7.12. The normalized spacial score (nSPS) is 14.8. The Balaban J connectivity index is 3.44. The fourth-order valence-electron chi connectivity index (χ4n) is 3.27. The van der Waals surface area contributed by atoms with Crippen LogP contribution in [0.2, 0.25) is 0 Å². The number of rotatable bonds is 17. The van der Waals surface area contributed by atoms with Gasteiger partial charge in [-0.15, -0.1) is 0 Å². The second-order valence-electron chi connectivity index (χ2n) is 11.5. The van der Waals surface area contributed by atoms with Crippen LogP contribution in [0.5, 0.6) is 11.5 Å². The largest absolute Gasteiger partial charge is 0.513 e. The van der Waals surface area contributed by atoms with Gasteiger partial charge >= 0.3 is 24.4 Å². The summed E-state index contributed by atoms with van der Waals surface area (Å²) in [5.41, 5.74) is -2.87. The molecule has 0 saturated carbocycles. The monoisotopic (exact) mass is 611 g/mol. The first kappa shape index (κ1) is 37.5. The Bertz CT molecular complexity index is 1070. The van der Waals surface area contributed by atoms with E-state index in [-0.39, 0.29) is 48.2 Å². The van der Waals surface area contributed by atoms with Gasteiger partial charge in [0.1, 0.15) is 5.60 Å². The van der Waals surface area contributed by atoms with Gasteiger partial charge in [0.25, 0.3) is 5.72 Å². The highest BCUT2D eigenvalue weighted by molar-refractivity contribution is 5.80. The first-order chi connectivity index (χ1) is 20.1. The molecule has 0 radical (unpaired) electrons. The zero-order valence-corrected chi connectivity index (χ0v) is 26.9. The Morgan fingerprint density at radius 1 is 0.791 bits per heavy atom. The molecule has 43 heavy (non-hydrogen) atoms. The van der Waals surface area contributed by atoms with Gasteiger partial charge in [0, 0.05) is 12.5 Å². The van der Waals surface area contributed by atoms with Gasteiger partial charge in [-0.2, -0.15) is 0 Å². The lowest BCUT2D eigenvalue weighted by Crippen LogP contribution is -2.60. The molecule has 12 nitrogen and oxygen atoms in total. The van der Waals surface area contributed by atoms with Gasteiger partial charge in [-0.3, -0.25) is 5.32 Å². The van der Waals surface area contributed by atoms with Crippen molar-refractivity contribution >= 4 is 24.4 Å². The van der Waals surface area contributed by atoms with Crippen LogP contribution in [0.4, 0.5) is 14.4 Å². The molecule has 4 atom stereocenters. The maximum atomic E-state index is 12.8. The predicted molar refractivity (Wildman–Crippen MR) is 158 cm³/mol. The SMILES string of the molecule is CCC(C)COC(=O)Oc1ccc(C[C@](NC(C)CC)(OC(=O)OC(C)(C)CC)C(=O)O)cc1OC(=O)OCC(C)CC. The number of carbonyl (C=O) groups is 4. The van der Waals surface area contributed by atoms with Crippen molar-refractivity contribution < 1.29 is 52.7 Å². The molecule has 0 spiro atoms. The van der Waals surface area contributed by atoms with Crippen molar-refractivity contribution in [3.63, 3.8) is 0 Å². The van der Waals surface area contributed by atoms with Crippen LogP contribution in [-0.4, -0.2) is 60.1 Å². The van der Waals surface area contributed by atoms with E-state index in [9.17, 15) is 24.3 Å². The maximum Gasteiger partial charge on any atom is 0.513 e. The third kappa shape index (κ3) is 13.1. The molecule has 0 heterocycles. The minimum Gasteiger partial charge on any atom is -0.477 e. The number of nitrogens with one attached hydrogen (secondary N) is 1. The molecule has 2 N–H and O–H groups in total. The summed E-state index contributed by atoms with van der Waals surface area (Å²) < 4.78 is 31.8. The average molecular weight is 612 g/mol. The molecule has 1 aromatic rings. The van der Waals surface area contributed by atoms with E-state index in [1.54, 1.807) is 20.8 Å². The van der Waals surface area contributed by atoms with Crippen LogP contribution in [0.15, 0.2) is 18.2 Å². The number of benzene rings is 1. The highest BCUT2D eigenvalue weighted by atomic mass is 16.8. The van der Waals surface area contributed by atoms with Gasteiger partial charge in [0.15, 0.2) is 11.5 Å². The van der Waals surface area contributed by atoms with Gasteiger partial charge in [0.05, 0.1) is 13.2 Å². The van der Waals surface area contributed by atoms with Crippen LogP contribution in [-0.2, 0) is 30.2 Å². The minimum absolute atomic E-state index is 0.0857. The summed E-state index contributed by atoms with van der Waals surface area (Å²) in [4.78, 5) is 50.3. The topological polar surface area (TPSA) is 156 Å². The molecule has 1 aromatic carbocycles. The van der Waals surface area contributed by atoms with Gasteiger partial charge in [0.2, 0.25) is 0 Å². The summed E-state index contributed by atoms with van der Waals surface area (Å²) in [6.45, 7) is 16.7. The highest BCUT2D eigenvalue weighted by Gasteiger charge is 2.45. The van der Waals surface area contributed by atoms with Crippen LogP contribution in [0, 0.1) is 11.8 Å². The highest BCUT2D eigenvalue weighted by Crippen LogP contribution is 2.32. The first-order valence-electron chi connectivity index (χ1n) is 14.8. The van der Waals surface area contributed by atoms with Crippen molar-refractivity contribution in [2.45, 2.75) is 112 Å². The first-order valence-corrected chi connectivity index (χ1v) is 14.8. The molecule has 1 rings (SSSR count). The molecular formula is C31H49NO11. The van der Waals surface area contributed by atoms with Crippen molar-refractivity contribution in [2.24, 2.45) is 11.8 Å². The molecule has 0 bridgehead atoms. The fourth-order valence-corrected chi connectivity index (χ4v) is 3.27. The van der Waals surface area contributed by atoms with Crippen molar-refractivity contribution in [3.8, 4) is 11.5 Å². The number of aliphatic carboxylic acids is 1. The zero-order chi connectivity index (χ0) is 32.8. The van der Waals surface area contributed by atoms with Crippen LogP contribution in [0.3, 0.4) is 0 Å². The number of carboxylic acid groups (broad SMARTS) is 1. The number of carbonyl (C=O) groups excluding carboxylic acids is 3. The Morgan fingerprint density at radius 3 is 1.79 bits per heavy atom. The fraction of sp³-hybridized carbons (Fsp3) is 0.677. The third-order valence-corrected chi connectivity index (χ3v) is 7.12. The van der Waals surface area contributed by atoms with Gasteiger partial charge in [-0.1, -0.05) is 60.5 Å². The molecule has 0 aliphatic carbocycles. The van der Waals surface area contributed by atoms with Crippen molar-refractivity contribution in [2.75, 3.05) is 13.2 Å². The lowest BCUT2D eigenvalue weighted by atomic mass is 10.00. The summed E-state index contributed by atoms with van der Waals surface area (Å²) in [7, 11) is 0. The van der Waals surface area contributed by atoms with Crippen LogP contribution < -0.4 is 14.8 Å². The number of carboxylic acids is 1. The van der Waals surface area contributed by atoms with E-state index in [0.29, 0.717) is 12.8 Å². The quantitative estimate of drug-likeness (QED) is 0.0817. The van der Waals surface area contributed by atoms with Gasteiger partial charge in [-0.05, 0) is 63.1 Å². The lowest BCUT2D eigenvalue weighted by molar-refractivity contribution is -0.169. The van der Waals surface area contributed by atoms with Crippen molar-refractivity contribution in [3.05, 3.63) is 23.8 Å². The molecule has 0 aliphatic rings. The van der Waals surface area contributed by atoms with Crippen LogP contribution in [0.25, 0.3) is 0 Å². The average Bonchev–Trinajstić information content (AvgIpc) is 2.95. The summed E-state index contributed by atoms with van der Waals surface area (Å²) in [5.74, 6) is -1.65. The maximum absolute atomic E-state index is 12.8. The minimum atomic E-state index is -2.25. The van der Waals surface area contributed by atoms with Crippen LogP contribution in [0.1, 0.15) is 93.6 Å². The lowest BCUT2D eigenvalue weighted by Gasteiger charge is -2.34. The molecule has 0 saturated heterocycles. The van der Waals surface area contributed by atoms with Crippen molar-refractivity contribution in [1.82, 2.24) is 5.32 Å². The standard InChI is InChI=1S/C31H49NO11/c1-10-20(5)18-38-27(35)40-24-15-14-23(16-25(24)41-28(36)39-19-21(6)11-2)17-31(26(33)34,32-22(7)12-3)43-29(37)42-30(8,9)13-4/h14-16,20-22,32H,10-13,17-19H2,1-9H3,(H,33,34)/t20?,21?,22?,31-/m0/s1. The molecule has 0 aliphatic heterocycles. The molecule has 0 fully saturated rings. The van der Waals surface area contributed by atoms with E-state index in [4.69, 9.17) is 28.4 Å². The van der Waals surface area contributed by atoms with E-state index in [0.717, 1.165) is 12.8 Å². The van der Waals surface area contributed by atoms with E-state index >= 15 is 0 Å². The molecule has 0 aromatic heterocycles. The summed E-state index contributed by atoms with van der Waals surface area (Å²) in [5, 5.41) is 13.2. The summed E-state index contributed by atoms with van der Waals surface area (Å²) in [6, 6.07) is 3.71. The Labute approximate surface area is 254 Å². The Morgan fingerprint density at radius 2 is 1.33 bits per heavy atom. The predicted octanol–water partition coefficient (Wildman–Crippen LogP) is 6.86. The smallest absolute Gasteiger partial charge is 0.477 e. The number of hydrogen-bond donors (Lipinski definition) is 2. The van der Waals surface area contributed by atoms with E-state index in [1.165, 1.54) is 18.2 Å². The molecule has 244 valence electrons. The molecule has 3 unspecified atom stereocenters. The molecular weight excluding hydrogens is 562 g/mol. The van der Waals surface area contributed by atoms with E-state index in [1.807, 2.05) is 41.5 Å². The van der Waals surface area contributed by atoms with Crippen molar-refractivity contribution in [1.29, 1.82) is 0 Å². The number of hydrogen-bond acceptors (Lipinski definition) is 11. The second-order valence-corrected chi connectivity index (χ2v) is 11.5. The van der Waals surface area contributed by atoms with Crippen LogP contribution >= 0.6 is 0 Å². The van der Waals surface area contributed by atoms with E-state index < -0.39 is 42.2 Å². The van der Waals surface area contributed by atoms with Gasteiger partial charge < -0.3 is 33.5 Å². The molecule has 12 heteroatoms. The Kier molecular flexibility index (Phi) is 15.3.